The molecule has 0 aliphatic rings. The molecule has 0 aliphatic heterocycles. The van der Waals surface area contributed by atoms with Crippen LogP contribution in [-0.4, -0.2) is 22.8 Å². The number of nitrogens with one attached hydrogen (secondary N) is 1. The Kier molecular flexibility index (Phi) is 6.95. The second-order valence-electron chi connectivity index (χ2n) is 4.62. The van der Waals surface area contributed by atoms with Crippen molar-refractivity contribution in [2.24, 2.45) is 0 Å². The Bertz CT molecular complexity index is 403. The Morgan fingerprint density at radius 1 is 1.37 bits per heavy atom. The number of aliphatic hydroxyl groups is 1. The molecule has 1 unspecified atom stereocenters. The fraction of sp³-hybridized carbons (Fsp3) is 0.533. The average molecular weight is 281 g/mol. The van der Waals surface area contributed by atoms with E-state index in [2.05, 4.69) is 19.2 Å². The van der Waals surface area contributed by atoms with Gasteiger partial charge in [0.05, 0.1) is 11.9 Å². The van der Waals surface area contributed by atoms with E-state index >= 15 is 0 Å². The Balaban J connectivity index is 2.48. The molecule has 0 saturated heterocycles. The fourth-order valence-corrected chi connectivity index (χ4v) is 2.55. The van der Waals surface area contributed by atoms with E-state index < -0.39 is 6.10 Å². The van der Waals surface area contributed by atoms with Crippen molar-refractivity contribution < 1.29 is 9.90 Å². The van der Waals surface area contributed by atoms with Gasteiger partial charge in [-0.05, 0) is 37.5 Å². The molecule has 0 spiro atoms. The summed E-state index contributed by atoms with van der Waals surface area (Å²) < 4.78 is 0. The molecule has 0 saturated carbocycles. The summed E-state index contributed by atoms with van der Waals surface area (Å²) in [6.45, 7) is 5.89. The molecule has 0 aliphatic carbocycles. The highest BCUT2D eigenvalue weighted by Crippen LogP contribution is 2.22. The van der Waals surface area contributed by atoms with Gasteiger partial charge in [0.25, 0.3) is 0 Å². The van der Waals surface area contributed by atoms with Crippen molar-refractivity contribution in [2.75, 3.05) is 5.75 Å². The van der Waals surface area contributed by atoms with Crippen molar-refractivity contribution in [3.8, 4) is 0 Å². The molecule has 4 heteroatoms. The fourth-order valence-electron chi connectivity index (χ4n) is 1.78. The molecule has 1 amide bonds. The summed E-state index contributed by atoms with van der Waals surface area (Å²) in [5.74, 6) is 0.487. The molecule has 106 valence electrons. The molecule has 0 bridgehead atoms. The highest BCUT2D eigenvalue weighted by Gasteiger charge is 2.09. The van der Waals surface area contributed by atoms with E-state index in [0.717, 1.165) is 23.3 Å². The molecule has 1 atom stereocenters. The van der Waals surface area contributed by atoms with Crippen LogP contribution in [-0.2, 0) is 4.79 Å². The second kappa shape index (κ2) is 8.23. The molecule has 0 heterocycles. The van der Waals surface area contributed by atoms with Gasteiger partial charge < -0.3 is 10.4 Å². The van der Waals surface area contributed by atoms with Gasteiger partial charge in [-0.15, -0.1) is 11.8 Å². The van der Waals surface area contributed by atoms with Crippen LogP contribution >= 0.6 is 11.8 Å². The van der Waals surface area contributed by atoms with Gasteiger partial charge in [0.1, 0.15) is 0 Å². The summed E-state index contributed by atoms with van der Waals surface area (Å²) in [5.41, 5.74) is 0.880. The zero-order valence-corrected chi connectivity index (χ0v) is 12.7. The number of carbonyl (C=O) groups is 1. The van der Waals surface area contributed by atoms with Crippen LogP contribution in [0.4, 0.5) is 0 Å². The van der Waals surface area contributed by atoms with E-state index in [0.29, 0.717) is 5.75 Å². The number of carbonyl (C=O) groups excluding carboxylic acids is 1. The van der Waals surface area contributed by atoms with Crippen molar-refractivity contribution in [2.45, 2.75) is 50.7 Å². The monoisotopic (exact) mass is 281 g/mol. The summed E-state index contributed by atoms with van der Waals surface area (Å²) in [5, 5.41) is 12.5. The number of hydrogen-bond donors (Lipinski definition) is 2. The average Bonchev–Trinajstić information content (AvgIpc) is 2.42. The standard InChI is InChI=1S/C15H23NO2S/c1-4-13(5-2)16-15(18)10-19-14-8-6-7-12(9-14)11(3)17/h6-9,11,13,17H,4-5,10H2,1-3H3,(H,16,18). The summed E-state index contributed by atoms with van der Waals surface area (Å²) in [4.78, 5) is 12.8. The number of thioether (sulfide) groups is 1. The van der Waals surface area contributed by atoms with Gasteiger partial charge in [0.2, 0.25) is 5.91 Å². The zero-order valence-electron chi connectivity index (χ0n) is 11.8. The molecule has 0 aromatic heterocycles. The zero-order chi connectivity index (χ0) is 14.3. The molecular formula is C15H23NO2S. The van der Waals surface area contributed by atoms with Crippen molar-refractivity contribution in [3.63, 3.8) is 0 Å². The molecule has 0 radical (unpaired) electrons. The third kappa shape index (κ3) is 5.66. The topological polar surface area (TPSA) is 49.3 Å². The third-order valence-electron chi connectivity index (χ3n) is 3.06. The van der Waals surface area contributed by atoms with Crippen molar-refractivity contribution >= 4 is 17.7 Å². The summed E-state index contributed by atoms with van der Waals surface area (Å²) in [7, 11) is 0. The normalized spacial score (nSPS) is 12.5. The van der Waals surface area contributed by atoms with E-state index in [-0.39, 0.29) is 11.9 Å². The molecule has 1 aromatic carbocycles. The first-order valence-electron chi connectivity index (χ1n) is 6.77. The summed E-state index contributed by atoms with van der Waals surface area (Å²) in [6.07, 6.45) is 1.45. The first-order valence-corrected chi connectivity index (χ1v) is 7.75. The smallest absolute Gasteiger partial charge is 0.230 e. The van der Waals surface area contributed by atoms with Gasteiger partial charge in [0.15, 0.2) is 0 Å². The number of benzene rings is 1. The molecular weight excluding hydrogens is 258 g/mol. The van der Waals surface area contributed by atoms with Crippen molar-refractivity contribution in [1.29, 1.82) is 0 Å². The molecule has 3 nitrogen and oxygen atoms in total. The van der Waals surface area contributed by atoms with Crippen LogP contribution in [0.2, 0.25) is 0 Å². The minimum Gasteiger partial charge on any atom is -0.389 e. The predicted octanol–water partition coefficient (Wildman–Crippen LogP) is 3.14. The lowest BCUT2D eigenvalue weighted by molar-refractivity contribution is -0.119. The van der Waals surface area contributed by atoms with Gasteiger partial charge in [-0.25, -0.2) is 0 Å². The Labute approximate surface area is 119 Å². The van der Waals surface area contributed by atoms with Gasteiger partial charge in [-0.1, -0.05) is 26.0 Å². The van der Waals surface area contributed by atoms with E-state index in [9.17, 15) is 9.90 Å². The molecule has 0 fully saturated rings. The second-order valence-corrected chi connectivity index (χ2v) is 5.67. The lowest BCUT2D eigenvalue weighted by Gasteiger charge is -2.14. The number of aliphatic hydroxyl groups excluding tert-OH is 1. The third-order valence-corrected chi connectivity index (χ3v) is 4.05. The highest BCUT2D eigenvalue weighted by molar-refractivity contribution is 8.00. The first kappa shape index (κ1) is 16.1. The van der Waals surface area contributed by atoms with Gasteiger partial charge in [-0.3, -0.25) is 4.79 Å². The van der Waals surface area contributed by atoms with Crippen LogP contribution in [0.5, 0.6) is 0 Å². The summed E-state index contributed by atoms with van der Waals surface area (Å²) >= 11 is 1.50. The lowest BCUT2D eigenvalue weighted by Crippen LogP contribution is -2.34. The molecule has 1 rings (SSSR count). The Morgan fingerprint density at radius 2 is 2.05 bits per heavy atom. The minimum absolute atomic E-state index is 0.0705. The highest BCUT2D eigenvalue weighted by atomic mass is 32.2. The van der Waals surface area contributed by atoms with Gasteiger partial charge >= 0.3 is 0 Å². The lowest BCUT2D eigenvalue weighted by atomic mass is 10.1. The SMILES string of the molecule is CCC(CC)NC(=O)CSc1cccc(C(C)O)c1. The minimum atomic E-state index is -0.473. The van der Waals surface area contributed by atoms with Crippen LogP contribution in [0.3, 0.4) is 0 Å². The van der Waals surface area contributed by atoms with Gasteiger partial charge in [-0.2, -0.15) is 0 Å². The maximum absolute atomic E-state index is 11.8. The largest absolute Gasteiger partial charge is 0.389 e. The molecule has 2 N–H and O–H groups in total. The van der Waals surface area contributed by atoms with Crippen LogP contribution in [0.15, 0.2) is 29.2 Å². The first-order chi connectivity index (χ1) is 9.06. The van der Waals surface area contributed by atoms with E-state index in [1.807, 2.05) is 24.3 Å². The molecule has 1 aromatic rings. The van der Waals surface area contributed by atoms with E-state index in [4.69, 9.17) is 0 Å². The number of rotatable bonds is 7. The van der Waals surface area contributed by atoms with E-state index in [1.165, 1.54) is 11.8 Å². The Morgan fingerprint density at radius 3 is 2.63 bits per heavy atom. The van der Waals surface area contributed by atoms with E-state index in [1.54, 1.807) is 6.92 Å². The maximum Gasteiger partial charge on any atom is 0.230 e. The van der Waals surface area contributed by atoms with Crippen LogP contribution in [0.25, 0.3) is 0 Å². The van der Waals surface area contributed by atoms with Gasteiger partial charge in [0, 0.05) is 10.9 Å². The predicted molar refractivity (Wildman–Crippen MR) is 80.3 cm³/mol. The number of amides is 1. The summed E-state index contributed by atoms with van der Waals surface area (Å²) in [6, 6.07) is 7.96. The van der Waals surface area contributed by atoms with Crippen LogP contribution < -0.4 is 5.32 Å². The Hall–Kier alpha value is -1.00. The van der Waals surface area contributed by atoms with Crippen molar-refractivity contribution in [1.82, 2.24) is 5.32 Å². The van der Waals surface area contributed by atoms with Crippen LogP contribution in [0.1, 0.15) is 45.3 Å². The quantitative estimate of drug-likeness (QED) is 0.755. The maximum atomic E-state index is 11.8. The van der Waals surface area contributed by atoms with Crippen molar-refractivity contribution in [3.05, 3.63) is 29.8 Å². The van der Waals surface area contributed by atoms with Crippen LogP contribution in [0, 0.1) is 0 Å². The molecule has 19 heavy (non-hydrogen) atoms. The number of hydrogen-bond acceptors (Lipinski definition) is 3.